The molecule has 6 nitrogen and oxygen atoms in total. The summed E-state index contributed by atoms with van der Waals surface area (Å²) < 4.78 is 0. The lowest BCUT2D eigenvalue weighted by molar-refractivity contribution is -0.141. The molecule has 1 fully saturated rings. The second-order valence-corrected chi connectivity index (χ2v) is 4.87. The summed E-state index contributed by atoms with van der Waals surface area (Å²) in [5.41, 5.74) is 0.675. The van der Waals surface area contributed by atoms with E-state index in [1.54, 1.807) is 24.3 Å². The van der Waals surface area contributed by atoms with Crippen molar-refractivity contribution in [2.45, 2.75) is 25.3 Å². The number of para-hydroxylation sites is 1. The number of amides is 2. The van der Waals surface area contributed by atoms with Crippen LogP contribution < -0.4 is 4.90 Å². The molecule has 1 heterocycles. The lowest BCUT2D eigenvalue weighted by Gasteiger charge is -2.30. The monoisotopic (exact) mass is 287 g/mol. The third-order valence-electron chi connectivity index (χ3n) is 3.53. The van der Waals surface area contributed by atoms with Crippen LogP contribution in [0.5, 0.6) is 0 Å². The van der Waals surface area contributed by atoms with E-state index in [1.165, 1.54) is 9.80 Å². The molecular weight excluding hydrogens is 270 g/mol. The summed E-state index contributed by atoms with van der Waals surface area (Å²) in [6, 6.07) is 9.91. The van der Waals surface area contributed by atoms with Gasteiger partial charge in [-0.05, 0) is 25.0 Å². The highest BCUT2D eigenvalue weighted by molar-refractivity contribution is 5.94. The number of carbonyl (C=O) groups is 2. The van der Waals surface area contributed by atoms with E-state index in [4.69, 9.17) is 5.26 Å². The number of rotatable bonds is 4. The number of benzene rings is 1. The topological polar surface area (TPSA) is 84.6 Å². The molecule has 0 unspecified atom stereocenters. The molecule has 0 spiro atoms. The standard InChI is InChI=1S/C15H17N3O3/c16-9-5-11-17(12-6-2-1-3-7-12)15(21)18-10-4-8-13(18)14(19)20/h1-3,6-7,13H,4-5,8,10-11H2,(H,19,20)/t13-/m1/s1. The second kappa shape index (κ2) is 6.75. The largest absolute Gasteiger partial charge is 0.480 e. The Kier molecular flexibility index (Phi) is 4.77. The minimum absolute atomic E-state index is 0.201. The van der Waals surface area contributed by atoms with Gasteiger partial charge in [-0.1, -0.05) is 18.2 Å². The van der Waals surface area contributed by atoms with Crippen molar-refractivity contribution in [3.8, 4) is 6.07 Å². The minimum Gasteiger partial charge on any atom is -0.480 e. The maximum Gasteiger partial charge on any atom is 0.326 e. The Labute approximate surface area is 123 Å². The van der Waals surface area contributed by atoms with Crippen LogP contribution in [0.15, 0.2) is 30.3 Å². The van der Waals surface area contributed by atoms with E-state index in [9.17, 15) is 14.7 Å². The summed E-state index contributed by atoms with van der Waals surface area (Å²) in [5.74, 6) is -0.978. The molecule has 1 aromatic carbocycles. The van der Waals surface area contributed by atoms with Crippen molar-refractivity contribution in [2.24, 2.45) is 0 Å². The van der Waals surface area contributed by atoms with Gasteiger partial charge in [-0.25, -0.2) is 9.59 Å². The number of hydrogen-bond donors (Lipinski definition) is 1. The van der Waals surface area contributed by atoms with Gasteiger partial charge >= 0.3 is 12.0 Å². The van der Waals surface area contributed by atoms with Crippen molar-refractivity contribution >= 4 is 17.7 Å². The second-order valence-electron chi connectivity index (χ2n) is 4.87. The smallest absolute Gasteiger partial charge is 0.326 e. The highest BCUT2D eigenvalue weighted by Crippen LogP contribution is 2.23. The Balaban J connectivity index is 2.22. The fourth-order valence-corrected chi connectivity index (χ4v) is 2.51. The molecule has 0 saturated carbocycles. The molecule has 0 aromatic heterocycles. The van der Waals surface area contributed by atoms with Crippen molar-refractivity contribution in [1.82, 2.24) is 4.90 Å². The van der Waals surface area contributed by atoms with E-state index in [0.717, 1.165) is 0 Å². The number of nitrogens with zero attached hydrogens (tertiary/aromatic N) is 3. The number of likely N-dealkylation sites (tertiary alicyclic amines) is 1. The highest BCUT2D eigenvalue weighted by atomic mass is 16.4. The zero-order chi connectivity index (χ0) is 15.2. The normalized spacial score (nSPS) is 17.3. The molecule has 6 heteroatoms. The van der Waals surface area contributed by atoms with Crippen LogP contribution >= 0.6 is 0 Å². The number of anilines is 1. The summed E-state index contributed by atoms with van der Waals surface area (Å²) in [5, 5.41) is 17.9. The van der Waals surface area contributed by atoms with Gasteiger partial charge in [0.15, 0.2) is 0 Å². The zero-order valence-corrected chi connectivity index (χ0v) is 11.6. The van der Waals surface area contributed by atoms with Crippen LogP contribution in [0.3, 0.4) is 0 Å². The first-order valence-corrected chi connectivity index (χ1v) is 6.88. The molecule has 2 amide bonds. The number of carbonyl (C=O) groups excluding carboxylic acids is 1. The van der Waals surface area contributed by atoms with E-state index in [1.807, 2.05) is 12.1 Å². The van der Waals surface area contributed by atoms with Gasteiger partial charge in [-0.3, -0.25) is 4.90 Å². The van der Waals surface area contributed by atoms with Crippen molar-refractivity contribution in [1.29, 1.82) is 5.26 Å². The van der Waals surface area contributed by atoms with Gasteiger partial charge in [0.2, 0.25) is 0 Å². The maximum atomic E-state index is 12.6. The molecular formula is C15H17N3O3. The maximum absolute atomic E-state index is 12.6. The minimum atomic E-state index is -0.978. The fraction of sp³-hybridized carbons (Fsp3) is 0.400. The Morgan fingerprint density at radius 2 is 2.10 bits per heavy atom. The molecule has 1 atom stereocenters. The predicted molar refractivity (Wildman–Crippen MR) is 76.8 cm³/mol. The first kappa shape index (κ1) is 14.9. The number of hydrogen-bond acceptors (Lipinski definition) is 3. The average molecular weight is 287 g/mol. The molecule has 2 rings (SSSR count). The van der Waals surface area contributed by atoms with Gasteiger partial charge in [0.1, 0.15) is 6.04 Å². The van der Waals surface area contributed by atoms with Crippen LogP contribution in [0, 0.1) is 11.3 Å². The predicted octanol–water partition coefficient (Wildman–Crippen LogP) is 2.08. The van der Waals surface area contributed by atoms with Gasteiger partial charge in [-0.15, -0.1) is 0 Å². The van der Waals surface area contributed by atoms with E-state index < -0.39 is 12.0 Å². The van der Waals surface area contributed by atoms with Crippen LogP contribution in [0.4, 0.5) is 10.5 Å². The van der Waals surface area contributed by atoms with Gasteiger partial charge in [0, 0.05) is 18.8 Å². The quantitative estimate of drug-likeness (QED) is 0.918. The summed E-state index contributed by atoms with van der Waals surface area (Å²) in [4.78, 5) is 26.7. The lowest BCUT2D eigenvalue weighted by Crippen LogP contribution is -2.48. The van der Waals surface area contributed by atoms with Crippen LogP contribution in [0.2, 0.25) is 0 Å². The number of nitriles is 1. The lowest BCUT2D eigenvalue weighted by atomic mass is 10.2. The molecule has 1 N–H and O–H groups in total. The summed E-state index contributed by atoms with van der Waals surface area (Å²) in [6.07, 6.45) is 1.36. The summed E-state index contributed by atoms with van der Waals surface area (Å²) in [6.45, 7) is 0.688. The van der Waals surface area contributed by atoms with Crippen LogP contribution in [-0.4, -0.2) is 41.1 Å². The Hall–Kier alpha value is -2.55. The number of carboxylic acid groups (broad SMARTS) is 1. The van der Waals surface area contributed by atoms with E-state index >= 15 is 0 Å². The average Bonchev–Trinajstić information content (AvgIpc) is 2.98. The molecule has 1 aliphatic rings. The van der Waals surface area contributed by atoms with Crippen molar-refractivity contribution in [3.63, 3.8) is 0 Å². The van der Waals surface area contributed by atoms with Gasteiger partial charge in [0.05, 0.1) is 12.5 Å². The Bertz CT molecular complexity index is 553. The fourth-order valence-electron chi connectivity index (χ4n) is 2.51. The van der Waals surface area contributed by atoms with Crippen LogP contribution in [0.1, 0.15) is 19.3 Å². The third-order valence-corrected chi connectivity index (χ3v) is 3.53. The summed E-state index contributed by atoms with van der Waals surface area (Å²) in [7, 11) is 0. The molecule has 21 heavy (non-hydrogen) atoms. The first-order valence-electron chi connectivity index (χ1n) is 6.88. The number of aliphatic carboxylic acids is 1. The Morgan fingerprint density at radius 1 is 1.38 bits per heavy atom. The van der Waals surface area contributed by atoms with Gasteiger partial charge in [-0.2, -0.15) is 5.26 Å². The van der Waals surface area contributed by atoms with Gasteiger partial charge in [0.25, 0.3) is 0 Å². The number of urea groups is 1. The van der Waals surface area contributed by atoms with Crippen molar-refractivity contribution in [3.05, 3.63) is 30.3 Å². The SMILES string of the molecule is N#CCCN(C(=O)N1CCC[C@@H]1C(=O)O)c1ccccc1. The van der Waals surface area contributed by atoms with E-state index in [0.29, 0.717) is 25.1 Å². The highest BCUT2D eigenvalue weighted by Gasteiger charge is 2.36. The molecule has 1 saturated heterocycles. The molecule has 0 radical (unpaired) electrons. The first-order chi connectivity index (χ1) is 10.1. The number of carboxylic acids is 1. The van der Waals surface area contributed by atoms with Crippen molar-refractivity contribution < 1.29 is 14.7 Å². The molecule has 0 bridgehead atoms. The van der Waals surface area contributed by atoms with Gasteiger partial charge < -0.3 is 10.0 Å². The van der Waals surface area contributed by atoms with E-state index in [-0.39, 0.29) is 19.0 Å². The Morgan fingerprint density at radius 3 is 2.71 bits per heavy atom. The van der Waals surface area contributed by atoms with Crippen LogP contribution in [0.25, 0.3) is 0 Å². The molecule has 1 aliphatic heterocycles. The van der Waals surface area contributed by atoms with Crippen molar-refractivity contribution in [2.75, 3.05) is 18.0 Å². The molecule has 110 valence electrons. The molecule has 0 aliphatic carbocycles. The zero-order valence-electron chi connectivity index (χ0n) is 11.6. The molecule has 1 aromatic rings. The van der Waals surface area contributed by atoms with Crippen LogP contribution in [-0.2, 0) is 4.79 Å². The third kappa shape index (κ3) is 3.31. The van der Waals surface area contributed by atoms with E-state index in [2.05, 4.69) is 0 Å². The summed E-state index contributed by atoms with van der Waals surface area (Å²) >= 11 is 0.